The van der Waals surface area contributed by atoms with Gasteiger partial charge in [-0.2, -0.15) is 0 Å². The molecule has 4 saturated carbocycles. The summed E-state index contributed by atoms with van der Waals surface area (Å²) in [4.78, 5) is 0. The Morgan fingerprint density at radius 1 is 1.03 bits per heavy atom. The standard InChI is InChI=1S/C27H44O3/c1-16(15-28)5-8-23-17(2)25-24(30-23)14-22-20-7-6-18-13-19(29)9-11-26(18,3)21(20)10-12-27(22,25)4/h16,18-22,24-25,28-29H,5-15H2,1-4H3/t16-,18+,19+,20+,21-,22+,24+,25-,26+,27-/m1/s1. The van der Waals surface area contributed by atoms with Gasteiger partial charge in [-0.25, -0.2) is 0 Å². The zero-order valence-corrected chi connectivity index (χ0v) is 19.7. The number of fused-ring (bicyclic) bond motifs is 7. The van der Waals surface area contributed by atoms with E-state index in [0.717, 1.165) is 49.4 Å². The molecule has 1 heterocycles. The van der Waals surface area contributed by atoms with Crippen LogP contribution in [0.2, 0.25) is 0 Å². The maximum Gasteiger partial charge on any atom is 0.106 e. The molecule has 5 aliphatic rings. The Morgan fingerprint density at radius 2 is 1.80 bits per heavy atom. The Hall–Kier alpha value is -0.540. The van der Waals surface area contributed by atoms with Crippen molar-refractivity contribution in [3.05, 3.63) is 11.3 Å². The lowest BCUT2D eigenvalue weighted by Crippen LogP contribution is -2.54. The molecule has 1 aliphatic heterocycles. The van der Waals surface area contributed by atoms with Crippen LogP contribution in [0.15, 0.2) is 11.3 Å². The van der Waals surface area contributed by atoms with Gasteiger partial charge in [-0.1, -0.05) is 20.8 Å². The van der Waals surface area contributed by atoms with Gasteiger partial charge in [0.05, 0.1) is 11.9 Å². The molecule has 0 aromatic rings. The summed E-state index contributed by atoms with van der Waals surface area (Å²) in [5.41, 5.74) is 2.39. The van der Waals surface area contributed by atoms with E-state index in [9.17, 15) is 10.2 Å². The summed E-state index contributed by atoms with van der Waals surface area (Å²) in [5, 5.41) is 19.7. The van der Waals surface area contributed by atoms with E-state index in [-0.39, 0.29) is 12.7 Å². The molecule has 0 aromatic heterocycles. The van der Waals surface area contributed by atoms with Crippen LogP contribution in [0.3, 0.4) is 0 Å². The fraction of sp³-hybridized carbons (Fsp3) is 0.926. The van der Waals surface area contributed by atoms with Gasteiger partial charge in [0.1, 0.15) is 6.10 Å². The molecule has 3 nitrogen and oxygen atoms in total. The predicted molar refractivity (Wildman–Crippen MR) is 120 cm³/mol. The first-order chi connectivity index (χ1) is 14.3. The molecular weight excluding hydrogens is 372 g/mol. The molecule has 0 spiro atoms. The predicted octanol–water partition coefficient (Wildman–Crippen LogP) is 5.70. The van der Waals surface area contributed by atoms with Crippen LogP contribution in [0.25, 0.3) is 0 Å². The minimum atomic E-state index is -0.0486. The Bertz CT molecular complexity index is 700. The fourth-order valence-corrected chi connectivity index (χ4v) is 9.29. The van der Waals surface area contributed by atoms with Crippen molar-refractivity contribution in [3.8, 4) is 0 Å². The van der Waals surface area contributed by atoms with Gasteiger partial charge in [0.25, 0.3) is 0 Å². The highest BCUT2D eigenvalue weighted by molar-refractivity contribution is 5.26. The second-order valence-corrected chi connectivity index (χ2v) is 12.4. The lowest BCUT2D eigenvalue weighted by Gasteiger charge is -2.60. The van der Waals surface area contributed by atoms with E-state index in [0.29, 0.717) is 28.8 Å². The van der Waals surface area contributed by atoms with Gasteiger partial charge in [0.2, 0.25) is 0 Å². The molecule has 5 rings (SSSR count). The van der Waals surface area contributed by atoms with Crippen molar-refractivity contribution in [2.24, 2.45) is 46.3 Å². The summed E-state index contributed by atoms with van der Waals surface area (Å²) in [6.07, 6.45) is 12.4. The van der Waals surface area contributed by atoms with Crippen molar-refractivity contribution in [2.75, 3.05) is 6.61 Å². The highest BCUT2D eigenvalue weighted by atomic mass is 16.5. The quantitative estimate of drug-likeness (QED) is 0.618. The van der Waals surface area contributed by atoms with Gasteiger partial charge in [0.15, 0.2) is 0 Å². The number of rotatable bonds is 4. The molecular formula is C27H44O3. The van der Waals surface area contributed by atoms with Crippen LogP contribution in [-0.4, -0.2) is 29.0 Å². The summed E-state index contributed by atoms with van der Waals surface area (Å²) in [6, 6.07) is 0. The minimum absolute atomic E-state index is 0.0486. The van der Waals surface area contributed by atoms with Crippen LogP contribution >= 0.6 is 0 Å². The third-order valence-electron chi connectivity index (χ3n) is 11.0. The second-order valence-electron chi connectivity index (χ2n) is 12.4. The average Bonchev–Trinajstić information content (AvgIpc) is 3.20. The van der Waals surface area contributed by atoms with E-state index in [1.807, 2.05) is 0 Å². The third kappa shape index (κ3) is 3.04. The van der Waals surface area contributed by atoms with Gasteiger partial charge in [0, 0.05) is 18.9 Å². The van der Waals surface area contributed by atoms with Gasteiger partial charge < -0.3 is 14.9 Å². The molecule has 30 heavy (non-hydrogen) atoms. The van der Waals surface area contributed by atoms with E-state index in [2.05, 4.69) is 27.7 Å². The van der Waals surface area contributed by atoms with E-state index in [1.165, 1.54) is 49.9 Å². The number of ether oxygens (including phenoxy) is 1. The minimum Gasteiger partial charge on any atom is -0.494 e. The first kappa shape index (κ1) is 21.3. The maximum absolute atomic E-state index is 10.3. The average molecular weight is 417 g/mol. The molecule has 0 aromatic carbocycles. The van der Waals surface area contributed by atoms with Crippen molar-refractivity contribution >= 4 is 0 Å². The number of hydrogen-bond acceptors (Lipinski definition) is 3. The summed E-state index contributed by atoms with van der Waals surface area (Å²) < 4.78 is 6.64. The highest BCUT2D eigenvalue weighted by Gasteiger charge is 2.64. The molecule has 0 amide bonds. The van der Waals surface area contributed by atoms with Crippen LogP contribution in [0.4, 0.5) is 0 Å². The maximum atomic E-state index is 10.3. The Balaban J connectivity index is 1.36. The topological polar surface area (TPSA) is 49.7 Å². The lowest BCUT2D eigenvalue weighted by molar-refractivity contribution is -0.124. The molecule has 0 unspecified atom stereocenters. The van der Waals surface area contributed by atoms with Gasteiger partial charge in [-0.15, -0.1) is 0 Å². The number of aliphatic hydroxyl groups excluding tert-OH is 2. The van der Waals surface area contributed by atoms with Gasteiger partial charge >= 0.3 is 0 Å². The van der Waals surface area contributed by atoms with Crippen molar-refractivity contribution in [3.63, 3.8) is 0 Å². The molecule has 10 atom stereocenters. The van der Waals surface area contributed by atoms with Crippen molar-refractivity contribution in [2.45, 2.75) is 104 Å². The summed E-state index contributed by atoms with van der Waals surface area (Å²) in [7, 11) is 0. The number of aliphatic hydroxyl groups is 2. The number of allylic oxidation sites excluding steroid dienone is 1. The molecule has 3 heteroatoms. The van der Waals surface area contributed by atoms with Crippen molar-refractivity contribution in [1.29, 1.82) is 0 Å². The number of hydrogen-bond donors (Lipinski definition) is 2. The van der Waals surface area contributed by atoms with Crippen LogP contribution in [0, 0.1) is 46.3 Å². The molecule has 0 saturated heterocycles. The molecule has 4 aliphatic carbocycles. The van der Waals surface area contributed by atoms with E-state index in [4.69, 9.17) is 4.74 Å². The van der Waals surface area contributed by atoms with Crippen LogP contribution in [-0.2, 0) is 4.74 Å². The van der Waals surface area contributed by atoms with Crippen LogP contribution < -0.4 is 0 Å². The largest absolute Gasteiger partial charge is 0.494 e. The molecule has 0 bridgehead atoms. The van der Waals surface area contributed by atoms with Gasteiger partial charge in [-0.05, 0) is 111 Å². The van der Waals surface area contributed by atoms with Crippen molar-refractivity contribution in [1.82, 2.24) is 0 Å². The lowest BCUT2D eigenvalue weighted by atomic mass is 9.44. The Morgan fingerprint density at radius 3 is 2.57 bits per heavy atom. The summed E-state index contributed by atoms with van der Waals surface area (Å²) in [6.45, 7) is 9.94. The molecule has 0 radical (unpaired) electrons. The Kier molecular flexibility index (Phi) is 5.33. The molecule has 170 valence electrons. The second kappa shape index (κ2) is 7.51. The van der Waals surface area contributed by atoms with Crippen LogP contribution in [0.1, 0.15) is 91.9 Å². The highest BCUT2D eigenvalue weighted by Crippen LogP contribution is 2.69. The smallest absolute Gasteiger partial charge is 0.106 e. The first-order valence-corrected chi connectivity index (χ1v) is 12.9. The van der Waals surface area contributed by atoms with E-state index < -0.39 is 0 Å². The van der Waals surface area contributed by atoms with Gasteiger partial charge in [-0.3, -0.25) is 0 Å². The first-order valence-electron chi connectivity index (χ1n) is 12.9. The van der Waals surface area contributed by atoms with E-state index in [1.54, 1.807) is 0 Å². The molecule has 2 N–H and O–H groups in total. The van der Waals surface area contributed by atoms with E-state index >= 15 is 0 Å². The van der Waals surface area contributed by atoms with Crippen LogP contribution in [0.5, 0.6) is 0 Å². The molecule has 4 fully saturated rings. The Labute approximate surface area is 183 Å². The SMILES string of the molecule is CC1=C(CC[C@@H](C)CO)O[C@H]2C[C@H]3[C@H]4CC[C@H]5C[C@@H](O)CC[C@]5(C)[C@@H]4CC[C@@]3(C)[C@H]12. The summed E-state index contributed by atoms with van der Waals surface area (Å²) >= 11 is 0. The fourth-order valence-electron chi connectivity index (χ4n) is 9.29. The monoisotopic (exact) mass is 416 g/mol. The van der Waals surface area contributed by atoms with Crippen molar-refractivity contribution < 1.29 is 14.9 Å². The zero-order chi connectivity index (χ0) is 21.3. The normalized spacial score (nSPS) is 50.9. The summed E-state index contributed by atoms with van der Waals surface area (Å²) in [5.74, 6) is 5.49. The zero-order valence-electron chi connectivity index (χ0n) is 19.7. The third-order valence-corrected chi connectivity index (χ3v) is 11.0.